The molecular formula is C61H47N. The van der Waals surface area contributed by atoms with Gasteiger partial charge in [0.1, 0.15) is 0 Å². The second kappa shape index (κ2) is 13.4. The van der Waals surface area contributed by atoms with Crippen molar-refractivity contribution in [3.05, 3.63) is 257 Å². The Hall–Kier alpha value is -7.22. The molecule has 0 aromatic heterocycles. The van der Waals surface area contributed by atoms with Crippen molar-refractivity contribution in [3.63, 3.8) is 0 Å². The molecule has 3 aliphatic carbocycles. The SMILES string of the molecule is CC1(C)c2cc(-c3ccc4c(c3)C3(c5ccccc5-4)c4ccccc4C(C)(C)c4ccccc43)ccc2-c2ccc(N(c3ccccc3)c3ccc(-c4ccccc4)cc3)cc21. The third kappa shape index (κ3) is 5.09. The number of para-hydroxylation sites is 1. The first-order chi connectivity index (χ1) is 30.3. The topological polar surface area (TPSA) is 3.24 Å². The number of hydrogen-bond acceptors (Lipinski definition) is 1. The average molecular weight is 794 g/mol. The fourth-order valence-corrected chi connectivity index (χ4v) is 11.5. The van der Waals surface area contributed by atoms with Crippen LogP contribution in [0.1, 0.15) is 72.2 Å². The van der Waals surface area contributed by atoms with Crippen LogP contribution >= 0.6 is 0 Å². The third-order valence-electron chi connectivity index (χ3n) is 14.6. The van der Waals surface area contributed by atoms with Crippen molar-refractivity contribution in [2.45, 2.75) is 43.9 Å². The minimum absolute atomic E-state index is 0.126. The van der Waals surface area contributed by atoms with Crippen LogP contribution in [0, 0.1) is 0 Å². The molecule has 0 bridgehead atoms. The standard InChI is InChI=1S/C61H47N/c1-59(2)52-23-13-15-25-54(52)61(55-26-16-14-24-53(55)59)51-22-12-11-21-47(51)50-35-30-43(38-58(50)61)42-29-34-48-49-36-33-46(39-57(49)60(3,4)56(48)37-42)62(44-19-9-6-10-20-44)45-31-27-41(28-32-45)40-17-7-5-8-18-40/h5-39H,1-4H3. The fourth-order valence-electron chi connectivity index (χ4n) is 11.5. The van der Waals surface area contributed by atoms with E-state index in [1.807, 2.05) is 0 Å². The van der Waals surface area contributed by atoms with Crippen molar-refractivity contribution >= 4 is 17.1 Å². The number of rotatable bonds is 5. The minimum Gasteiger partial charge on any atom is -0.310 e. The zero-order chi connectivity index (χ0) is 41.8. The summed E-state index contributed by atoms with van der Waals surface area (Å²) in [7, 11) is 0. The molecule has 0 saturated heterocycles. The molecule has 0 heterocycles. The summed E-state index contributed by atoms with van der Waals surface area (Å²) in [5.41, 5.74) is 24.0. The molecule has 296 valence electrons. The molecule has 0 radical (unpaired) electrons. The first-order valence-corrected chi connectivity index (χ1v) is 22.0. The van der Waals surface area contributed by atoms with Gasteiger partial charge in [-0.25, -0.2) is 0 Å². The van der Waals surface area contributed by atoms with Gasteiger partial charge in [0.15, 0.2) is 0 Å². The molecule has 0 amide bonds. The van der Waals surface area contributed by atoms with E-state index in [2.05, 4.69) is 245 Å². The molecule has 1 spiro atoms. The van der Waals surface area contributed by atoms with Gasteiger partial charge in [0.05, 0.1) is 5.41 Å². The zero-order valence-electron chi connectivity index (χ0n) is 35.7. The third-order valence-corrected chi connectivity index (χ3v) is 14.6. The van der Waals surface area contributed by atoms with E-state index in [4.69, 9.17) is 0 Å². The molecule has 0 fully saturated rings. The molecule has 0 unspecified atom stereocenters. The Morgan fingerprint density at radius 2 is 0.645 bits per heavy atom. The maximum atomic E-state index is 2.52. The van der Waals surface area contributed by atoms with E-state index < -0.39 is 5.41 Å². The van der Waals surface area contributed by atoms with E-state index in [1.165, 1.54) is 89.0 Å². The van der Waals surface area contributed by atoms with Crippen LogP contribution in [0.25, 0.3) is 44.5 Å². The maximum Gasteiger partial charge on any atom is 0.0719 e. The van der Waals surface area contributed by atoms with Gasteiger partial charge >= 0.3 is 0 Å². The molecule has 1 heteroatoms. The van der Waals surface area contributed by atoms with Crippen LogP contribution in [0.15, 0.2) is 212 Å². The van der Waals surface area contributed by atoms with E-state index in [0.717, 1.165) is 17.1 Å². The molecule has 1 nitrogen and oxygen atoms in total. The summed E-state index contributed by atoms with van der Waals surface area (Å²) < 4.78 is 0. The first-order valence-electron chi connectivity index (χ1n) is 22.0. The Labute approximate surface area is 365 Å². The summed E-state index contributed by atoms with van der Waals surface area (Å²) in [6.07, 6.45) is 0. The van der Waals surface area contributed by atoms with E-state index in [-0.39, 0.29) is 10.8 Å². The van der Waals surface area contributed by atoms with Crippen molar-refractivity contribution in [1.29, 1.82) is 0 Å². The quantitative estimate of drug-likeness (QED) is 0.168. The summed E-state index contributed by atoms with van der Waals surface area (Å²) in [6.45, 7) is 9.59. The highest BCUT2D eigenvalue weighted by Crippen LogP contribution is 2.62. The Morgan fingerprint density at radius 1 is 0.258 bits per heavy atom. The average Bonchev–Trinajstić information content (AvgIpc) is 3.74. The molecule has 9 aromatic rings. The van der Waals surface area contributed by atoms with Crippen molar-refractivity contribution in [1.82, 2.24) is 0 Å². The van der Waals surface area contributed by atoms with Crippen LogP contribution < -0.4 is 4.90 Å². The second-order valence-electron chi connectivity index (χ2n) is 18.5. The van der Waals surface area contributed by atoms with Gasteiger partial charge in [-0.15, -0.1) is 0 Å². The van der Waals surface area contributed by atoms with Crippen LogP contribution in [-0.4, -0.2) is 0 Å². The van der Waals surface area contributed by atoms with Crippen molar-refractivity contribution in [2.24, 2.45) is 0 Å². The molecule has 0 saturated carbocycles. The van der Waals surface area contributed by atoms with E-state index in [0.29, 0.717) is 0 Å². The van der Waals surface area contributed by atoms with Crippen LogP contribution in [-0.2, 0) is 16.2 Å². The number of anilines is 3. The summed E-state index contributed by atoms with van der Waals surface area (Å²) >= 11 is 0. The highest BCUT2D eigenvalue weighted by atomic mass is 15.1. The lowest BCUT2D eigenvalue weighted by atomic mass is 9.55. The monoisotopic (exact) mass is 793 g/mol. The number of nitrogens with zero attached hydrogens (tertiary/aromatic N) is 1. The minimum atomic E-state index is -0.417. The van der Waals surface area contributed by atoms with Gasteiger partial charge in [0.2, 0.25) is 0 Å². The van der Waals surface area contributed by atoms with Gasteiger partial charge in [0, 0.05) is 27.9 Å². The Balaban J connectivity index is 0.969. The lowest BCUT2D eigenvalue weighted by Crippen LogP contribution is -2.40. The number of hydrogen-bond donors (Lipinski definition) is 0. The predicted octanol–water partition coefficient (Wildman–Crippen LogP) is 15.8. The van der Waals surface area contributed by atoms with Crippen molar-refractivity contribution < 1.29 is 0 Å². The summed E-state index contributed by atoms with van der Waals surface area (Å²) in [4.78, 5) is 2.39. The summed E-state index contributed by atoms with van der Waals surface area (Å²) in [6, 6.07) is 79.5. The van der Waals surface area contributed by atoms with Gasteiger partial charge in [-0.05, 0) is 138 Å². The highest BCUT2D eigenvalue weighted by molar-refractivity contribution is 5.92. The van der Waals surface area contributed by atoms with Crippen molar-refractivity contribution in [2.75, 3.05) is 4.90 Å². The zero-order valence-corrected chi connectivity index (χ0v) is 35.7. The van der Waals surface area contributed by atoms with Gasteiger partial charge in [-0.2, -0.15) is 0 Å². The summed E-state index contributed by atoms with van der Waals surface area (Å²) in [5.74, 6) is 0. The van der Waals surface area contributed by atoms with Gasteiger partial charge in [-0.3, -0.25) is 0 Å². The largest absolute Gasteiger partial charge is 0.310 e. The van der Waals surface area contributed by atoms with Crippen LogP contribution in [0.5, 0.6) is 0 Å². The molecule has 0 atom stereocenters. The maximum absolute atomic E-state index is 2.52. The van der Waals surface area contributed by atoms with Crippen molar-refractivity contribution in [3.8, 4) is 44.5 Å². The second-order valence-corrected chi connectivity index (χ2v) is 18.5. The molecule has 0 N–H and O–H groups in total. The highest BCUT2D eigenvalue weighted by Gasteiger charge is 2.53. The number of benzene rings is 9. The normalized spacial score (nSPS) is 15.2. The van der Waals surface area contributed by atoms with E-state index >= 15 is 0 Å². The molecule has 3 aliphatic rings. The first kappa shape index (κ1) is 36.6. The van der Waals surface area contributed by atoms with Gasteiger partial charge in [-0.1, -0.05) is 191 Å². The van der Waals surface area contributed by atoms with E-state index in [1.54, 1.807) is 0 Å². The lowest BCUT2D eigenvalue weighted by molar-refractivity contribution is 0.563. The molecule has 62 heavy (non-hydrogen) atoms. The van der Waals surface area contributed by atoms with Crippen LogP contribution in [0.3, 0.4) is 0 Å². The van der Waals surface area contributed by atoms with Gasteiger partial charge in [0.25, 0.3) is 0 Å². The predicted molar refractivity (Wildman–Crippen MR) is 259 cm³/mol. The molecule has 12 rings (SSSR count). The lowest BCUT2D eigenvalue weighted by Gasteiger charge is -2.46. The Bertz CT molecular complexity index is 3170. The van der Waals surface area contributed by atoms with Crippen LogP contribution in [0.2, 0.25) is 0 Å². The molecular weight excluding hydrogens is 747 g/mol. The smallest absolute Gasteiger partial charge is 0.0719 e. The Kier molecular flexibility index (Phi) is 7.91. The van der Waals surface area contributed by atoms with E-state index in [9.17, 15) is 0 Å². The Morgan fingerprint density at radius 3 is 1.27 bits per heavy atom. The molecule has 0 aliphatic heterocycles. The number of fused-ring (bicyclic) bond motifs is 12. The van der Waals surface area contributed by atoms with Gasteiger partial charge < -0.3 is 4.90 Å². The molecule has 9 aromatic carbocycles. The summed E-state index contributed by atoms with van der Waals surface area (Å²) in [5, 5.41) is 0. The fraction of sp³-hybridized carbons (Fsp3) is 0.115. The van der Waals surface area contributed by atoms with Crippen LogP contribution in [0.4, 0.5) is 17.1 Å².